The average molecular weight is 365 g/mol. The maximum Gasteiger partial charge on any atom is 0.257 e. The van der Waals surface area contributed by atoms with Crippen LogP contribution in [-0.2, 0) is 0 Å². The Hall–Kier alpha value is -3.02. The predicted octanol–water partition coefficient (Wildman–Crippen LogP) is 3.41. The fourth-order valence-corrected chi connectivity index (χ4v) is 3.73. The number of para-hydroxylation sites is 1. The van der Waals surface area contributed by atoms with Gasteiger partial charge in [0.2, 0.25) is 0 Å². The highest BCUT2D eigenvalue weighted by Gasteiger charge is 2.26. The molecule has 3 aromatic rings. The van der Waals surface area contributed by atoms with Gasteiger partial charge in [-0.2, -0.15) is 0 Å². The first kappa shape index (κ1) is 17.4. The van der Waals surface area contributed by atoms with Gasteiger partial charge in [0.25, 0.3) is 11.8 Å². The summed E-state index contributed by atoms with van der Waals surface area (Å²) in [6.45, 7) is 5.33. The van der Waals surface area contributed by atoms with Crippen LogP contribution in [0.2, 0.25) is 0 Å². The molecule has 1 aromatic carbocycles. The van der Waals surface area contributed by atoms with E-state index in [1.165, 1.54) is 18.1 Å². The van der Waals surface area contributed by atoms with Crippen LogP contribution >= 0.6 is 0 Å². The predicted molar refractivity (Wildman–Crippen MR) is 103 cm³/mol. The molecule has 2 N–H and O–H groups in total. The number of H-pyrrole nitrogens is 1. The number of hydrogen-bond donors (Lipinski definition) is 2. The number of likely N-dealkylation sites (tertiary alicyclic amines) is 1. The number of aromatic amines is 1. The van der Waals surface area contributed by atoms with Crippen molar-refractivity contribution >= 4 is 22.7 Å². The smallest absolute Gasteiger partial charge is 0.257 e. The summed E-state index contributed by atoms with van der Waals surface area (Å²) < 4.78 is 4.99. The standard InChI is InChI=1S/C21H23N3O3/c1-13-14(2)22-19-17(13)4-3-5-18(19)20(25)23-16-6-9-24(10-7-16)21(26)15-8-11-27-12-15/h3-5,8,11-12,16,22H,6-7,9-10H2,1-2H3,(H,23,25). The van der Waals surface area contributed by atoms with Crippen LogP contribution in [-0.4, -0.2) is 40.8 Å². The molecular formula is C21H23N3O3. The molecule has 6 nitrogen and oxygen atoms in total. The van der Waals surface area contributed by atoms with E-state index in [9.17, 15) is 9.59 Å². The summed E-state index contributed by atoms with van der Waals surface area (Å²) in [5.41, 5.74) is 4.38. The van der Waals surface area contributed by atoms with Crippen molar-refractivity contribution in [1.29, 1.82) is 0 Å². The lowest BCUT2D eigenvalue weighted by molar-refractivity contribution is 0.0697. The number of nitrogens with zero attached hydrogens (tertiary/aromatic N) is 1. The second-order valence-corrected chi connectivity index (χ2v) is 7.16. The van der Waals surface area contributed by atoms with Crippen LogP contribution in [0.15, 0.2) is 41.2 Å². The molecule has 0 aliphatic carbocycles. The number of nitrogens with one attached hydrogen (secondary N) is 2. The van der Waals surface area contributed by atoms with E-state index in [4.69, 9.17) is 4.42 Å². The van der Waals surface area contributed by atoms with Crippen molar-refractivity contribution in [3.05, 3.63) is 59.2 Å². The first-order chi connectivity index (χ1) is 13.0. The monoisotopic (exact) mass is 365 g/mol. The van der Waals surface area contributed by atoms with Gasteiger partial charge in [-0.25, -0.2) is 0 Å². The van der Waals surface area contributed by atoms with Gasteiger partial charge in [0.15, 0.2) is 0 Å². The molecule has 0 atom stereocenters. The number of benzene rings is 1. The van der Waals surface area contributed by atoms with Crippen LogP contribution in [0.25, 0.3) is 10.9 Å². The summed E-state index contributed by atoms with van der Waals surface area (Å²) in [4.78, 5) is 30.3. The lowest BCUT2D eigenvalue weighted by atomic mass is 10.0. The highest BCUT2D eigenvalue weighted by Crippen LogP contribution is 2.24. The lowest BCUT2D eigenvalue weighted by Gasteiger charge is -2.32. The van der Waals surface area contributed by atoms with Crippen LogP contribution in [0.4, 0.5) is 0 Å². The molecule has 1 saturated heterocycles. The molecule has 0 spiro atoms. The summed E-state index contributed by atoms with van der Waals surface area (Å²) in [7, 11) is 0. The van der Waals surface area contributed by atoms with Crippen molar-refractivity contribution in [2.24, 2.45) is 0 Å². The Bertz CT molecular complexity index is 980. The number of aromatic nitrogens is 1. The van der Waals surface area contributed by atoms with E-state index < -0.39 is 0 Å². The summed E-state index contributed by atoms with van der Waals surface area (Å²) in [5.74, 6) is -0.0860. The Morgan fingerprint density at radius 3 is 2.67 bits per heavy atom. The second kappa shape index (κ2) is 6.95. The molecule has 1 aliphatic heterocycles. The maximum atomic E-state index is 12.8. The summed E-state index contributed by atoms with van der Waals surface area (Å²) in [6, 6.07) is 7.55. The van der Waals surface area contributed by atoms with Gasteiger partial charge < -0.3 is 19.6 Å². The molecule has 140 valence electrons. The van der Waals surface area contributed by atoms with Crippen molar-refractivity contribution in [3.63, 3.8) is 0 Å². The molecule has 3 heterocycles. The molecular weight excluding hydrogens is 342 g/mol. The van der Waals surface area contributed by atoms with Crippen LogP contribution in [0, 0.1) is 13.8 Å². The first-order valence-electron chi connectivity index (χ1n) is 9.25. The van der Waals surface area contributed by atoms with Crippen LogP contribution < -0.4 is 5.32 Å². The zero-order valence-corrected chi connectivity index (χ0v) is 15.5. The number of amides is 2. The largest absolute Gasteiger partial charge is 0.472 e. The summed E-state index contributed by atoms with van der Waals surface area (Å²) in [6.07, 6.45) is 4.46. The molecule has 0 unspecified atom stereocenters. The van der Waals surface area contributed by atoms with Crippen molar-refractivity contribution in [3.8, 4) is 0 Å². The van der Waals surface area contributed by atoms with Crippen molar-refractivity contribution in [2.75, 3.05) is 13.1 Å². The van der Waals surface area contributed by atoms with E-state index >= 15 is 0 Å². The Balaban J connectivity index is 1.42. The fourth-order valence-electron chi connectivity index (χ4n) is 3.73. The van der Waals surface area contributed by atoms with E-state index in [2.05, 4.69) is 17.2 Å². The normalized spacial score (nSPS) is 15.3. The van der Waals surface area contributed by atoms with Gasteiger partial charge in [-0.05, 0) is 44.4 Å². The minimum atomic E-state index is -0.0681. The van der Waals surface area contributed by atoms with Crippen LogP contribution in [0.5, 0.6) is 0 Å². The molecule has 1 aliphatic rings. The summed E-state index contributed by atoms with van der Waals surface area (Å²) in [5, 5.41) is 4.22. The minimum Gasteiger partial charge on any atom is -0.472 e. The molecule has 2 aromatic heterocycles. The topological polar surface area (TPSA) is 78.3 Å². The van der Waals surface area contributed by atoms with Crippen molar-refractivity contribution < 1.29 is 14.0 Å². The third-order valence-corrected chi connectivity index (χ3v) is 5.47. The van der Waals surface area contributed by atoms with E-state index in [0.717, 1.165) is 29.4 Å². The Kier molecular flexibility index (Phi) is 4.48. The molecule has 1 fully saturated rings. The Labute approximate surface area is 157 Å². The zero-order valence-electron chi connectivity index (χ0n) is 15.5. The third-order valence-electron chi connectivity index (χ3n) is 5.47. The van der Waals surface area contributed by atoms with Gasteiger partial charge in [-0.1, -0.05) is 12.1 Å². The van der Waals surface area contributed by atoms with Crippen molar-refractivity contribution in [2.45, 2.75) is 32.7 Å². The maximum absolute atomic E-state index is 12.8. The van der Waals surface area contributed by atoms with Gasteiger partial charge in [0.1, 0.15) is 6.26 Å². The number of carbonyl (C=O) groups is 2. The molecule has 6 heteroatoms. The third kappa shape index (κ3) is 3.23. The number of aryl methyl sites for hydroxylation is 2. The second-order valence-electron chi connectivity index (χ2n) is 7.16. The van der Waals surface area contributed by atoms with E-state index in [1.807, 2.05) is 30.0 Å². The Morgan fingerprint density at radius 1 is 1.19 bits per heavy atom. The fraction of sp³-hybridized carbons (Fsp3) is 0.333. The van der Waals surface area contributed by atoms with Crippen molar-refractivity contribution in [1.82, 2.24) is 15.2 Å². The van der Waals surface area contributed by atoms with E-state index in [0.29, 0.717) is 24.2 Å². The number of rotatable bonds is 3. The zero-order chi connectivity index (χ0) is 19.0. The number of carbonyl (C=O) groups excluding carboxylic acids is 2. The molecule has 0 saturated carbocycles. The average Bonchev–Trinajstić information content (AvgIpc) is 3.31. The summed E-state index contributed by atoms with van der Waals surface area (Å²) >= 11 is 0. The molecule has 0 bridgehead atoms. The number of hydrogen-bond acceptors (Lipinski definition) is 3. The van der Waals surface area contributed by atoms with Gasteiger partial charge in [-0.15, -0.1) is 0 Å². The highest BCUT2D eigenvalue weighted by molar-refractivity contribution is 6.06. The first-order valence-corrected chi connectivity index (χ1v) is 9.25. The number of furan rings is 1. The number of fused-ring (bicyclic) bond motifs is 1. The Morgan fingerprint density at radius 2 is 1.96 bits per heavy atom. The van der Waals surface area contributed by atoms with Gasteiger partial charge in [0, 0.05) is 30.2 Å². The van der Waals surface area contributed by atoms with E-state index in [1.54, 1.807) is 6.07 Å². The molecule has 27 heavy (non-hydrogen) atoms. The molecule has 0 radical (unpaired) electrons. The minimum absolute atomic E-state index is 0.0179. The molecule has 2 amide bonds. The van der Waals surface area contributed by atoms with Gasteiger partial charge in [0.05, 0.1) is 22.9 Å². The number of piperidine rings is 1. The van der Waals surface area contributed by atoms with Gasteiger partial charge in [-0.3, -0.25) is 9.59 Å². The van der Waals surface area contributed by atoms with Crippen LogP contribution in [0.1, 0.15) is 44.8 Å². The molecule has 4 rings (SSSR count). The highest BCUT2D eigenvalue weighted by atomic mass is 16.3. The lowest BCUT2D eigenvalue weighted by Crippen LogP contribution is -2.46. The van der Waals surface area contributed by atoms with Gasteiger partial charge >= 0.3 is 0 Å². The van der Waals surface area contributed by atoms with Crippen LogP contribution in [0.3, 0.4) is 0 Å². The quantitative estimate of drug-likeness (QED) is 0.747. The van der Waals surface area contributed by atoms with E-state index in [-0.39, 0.29) is 17.9 Å². The SMILES string of the molecule is Cc1[nH]c2c(C(=O)NC3CCN(C(=O)c4ccoc4)CC3)cccc2c1C.